The molecule has 0 unspecified atom stereocenters. The molecule has 132 valence electrons. The summed E-state index contributed by atoms with van der Waals surface area (Å²) >= 11 is 1.65. The third-order valence-electron chi connectivity index (χ3n) is 4.06. The van der Waals surface area contributed by atoms with Gasteiger partial charge in [-0.3, -0.25) is 4.79 Å². The van der Waals surface area contributed by atoms with Crippen molar-refractivity contribution in [2.24, 2.45) is 0 Å². The molecular formula is C19H21NO4S. The first-order chi connectivity index (χ1) is 12.2. The number of hydrogen-bond donors (Lipinski definition) is 1. The van der Waals surface area contributed by atoms with Gasteiger partial charge in [0, 0.05) is 11.4 Å². The molecule has 25 heavy (non-hydrogen) atoms. The van der Waals surface area contributed by atoms with E-state index in [0.717, 1.165) is 19.3 Å². The van der Waals surface area contributed by atoms with Crippen molar-refractivity contribution >= 4 is 23.2 Å². The van der Waals surface area contributed by atoms with Crippen LogP contribution in [0.2, 0.25) is 0 Å². The summed E-state index contributed by atoms with van der Waals surface area (Å²) in [6.07, 6.45) is 4.11. The third kappa shape index (κ3) is 5.32. The van der Waals surface area contributed by atoms with Gasteiger partial charge in [-0.05, 0) is 60.4 Å². The van der Waals surface area contributed by atoms with Gasteiger partial charge < -0.3 is 14.8 Å². The summed E-state index contributed by atoms with van der Waals surface area (Å²) < 4.78 is 10.4. The Morgan fingerprint density at radius 3 is 2.84 bits per heavy atom. The van der Waals surface area contributed by atoms with Crippen LogP contribution in [0.4, 0.5) is 0 Å². The van der Waals surface area contributed by atoms with Crippen LogP contribution in [0.1, 0.15) is 22.4 Å². The lowest BCUT2D eigenvalue weighted by molar-refractivity contribution is -0.150. The zero-order valence-electron chi connectivity index (χ0n) is 14.0. The lowest BCUT2D eigenvalue weighted by Gasteiger charge is -2.09. The zero-order valence-corrected chi connectivity index (χ0v) is 14.8. The Morgan fingerprint density at radius 2 is 2.00 bits per heavy atom. The van der Waals surface area contributed by atoms with Gasteiger partial charge in [0.1, 0.15) is 5.75 Å². The van der Waals surface area contributed by atoms with Gasteiger partial charge in [0.25, 0.3) is 5.91 Å². The number of ether oxygens (including phenoxy) is 2. The quantitative estimate of drug-likeness (QED) is 0.736. The molecule has 1 aromatic heterocycles. The fourth-order valence-electron chi connectivity index (χ4n) is 2.80. The summed E-state index contributed by atoms with van der Waals surface area (Å²) in [7, 11) is 0. The summed E-state index contributed by atoms with van der Waals surface area (Å²) in [6, 6.07) is 9.89. The Kier molecular flexibility index (Phi) is 6.06. The zero-order chi connectivity index (χ0) is 17.5. The molecule has 0 spiro atoms. The van der Waals surface area contributed by atoms with Crippen molar-refractivity contribution in [3.8, 4) is 5.75 Å². The lowest BCUT2D eigenvalue weighted by Crippen LogP contribution is -2.31. The van der Waals surface area contributed by atoms with Crippen LogP contribution in [0, 0.1) is 0 Å². The van der Waals surface area contributed by atoms with E-state index in [2.05, 4.69) is 5.32 Å². The number of fused-ring (bicyclic) bond motifs is 1. The smallest absolute Gasteiger partial charge is 0.344 e. The molecule has 0 radical (unpaired) electrons. The molecule has 1 aliphatic carbocycles. The van der Waals surface area contributed by atoms with Crippen molar-refractivity contribution in [3.05, 3.63) is 51.7 Å². The maximum Gasteiger partial charge on any atom is 0.344 e. The minimum atomic E-state index is -0.547. The lowest BCUT2D eigenvalue weighted by atomic mass is 10.1. The molecule has 0 saturated heterocycles. The van der Waals surface area contributed by atoms with Gasteiger partial charge in [-0.15, -0.1) is 11.3 Å². The topological polar surface area (TPSA) is 64.6 Å². The number of aryl methyl sites for hydroxylation is 2. The number of thiophene rings is 1. The molecular weight excluding hydrogens is 338 g/mol. The van der Waals surface area contributed by atoms with Gasteiger partial charge in [-0.1, -0.05) is 12.1 Å². The first kappa shape index (κ1) is 17.5. The summed E-state index contributed by atoms with van der Waals surface area (Å²) in [6.45, 7) is 0.0562. The van der Waals surface area contributed by atoms with Crippen molar-refractivity contribution in [1.29, 1.82) is 0 Å². The highest BCUT2D eigenvalue weighted by atomic mass is 32.1. The number of carbonyl (C=O) groups is 2. The highest BCUT2D eigenvalue weighted by molar-refractivity contribution is 7.09. The monoisotopic (exact) mass is 359 g/mol. The normalized spacial score (nSPS) is 12.5. The number of amides is 1. The van der Waals surface area contributed by atoms with E-state index < -0.39 is 5.97 Å². The highest BCUT2D eigenvalue weighted by Gasteiger charge is 2.12. The first-order valence-corrected chi connectivity index (χ1v) is 9.28. The first-order valence-electron chi connectivity index (χ1n) is 8.40. The summed E-state index contributed by atoms with van der Waals surface area (Å²) in [5.41, 5.74) is 2.64. The molecule has 0 saturated carbocycles. The van der Waals surface area contributed by atoms with Crippen LogP contribution in [0.5, 0.6) is 5.75 Å². The standard InChI is InChI=1S/C19H21NO4S/c21-18(20-9-8-17-5-2-10-25-17)12-24-19(22)13-23-16-7-6-14-3-1-4-15(14)11-16/h2,5-7,10-11H,1,3-4,8-9,12-13H2,(H,20,21). The molecule has 0 atom stereocenters. The number of nitrogens with one attached hydrogen (secondary N) is 1. The largest absolute Gasteiger partial charge is 0.482 e. The molecule has 5 nitrogen and oxygen atoms in total. The molecule has 1 heterocycles. The molecule has 0 aliphatic heterocycles. The Morgan fingerprint density at radius 1 is 1.12 bits per heavy atom. The van der Waals surface area contributed by atoms with E-state index in [1.54, 1.807) is 11.3 Å². The molecule has 1 aliphatic rings. The summed E-state index contributed by atoms with van der Waals surface area (Å²) in [5, 5.41) is 4.73. The number of hydrogen-bond acceptors (Lipinski definition) is 5. The summed E-state index contributed by atoms with van der Waals surface area (Å²) in [5.74, 6) is -0.186. The second kappa shape index (κ2) is 8.67. The van der Waals surface area contributed by atoms with Crippen LogP contribution in [0.15, 0.2) is 35.7 Å². The van der Waals surface area contributed by atoms with E-state index in [0.29, 0.717) is 12.3 Å². The van der Waals surface area contributed by atoms with Crippen LogP contribution in [-0.2, 0) is 33.6 Å². The molecule has 2 aromatic rings. The van der Waals surface area contributed by atoms with Crippen LogP contribution in [0.25, 0.3) is 0 Å². The van der Waals surface area contributed by atoms with Crippen molar-refractivity contribution in [3.63, 3.8) is 0 Å². The van der Waals surface area contributed by atoms with Gasteiger partial charge >= 0.3 is 5.97 Å². The number of carbonyl (C=O) groups excluding carboxylic acids is 2. The predicted octanol–water partition coefficient (Wildman–Crippen LogP) is 2.52. The minimum absolute atomic E-state index is 0.193. The predicted molar refractivity (Wildman–Crippen MR) is 96.0 cm³/mol. The average Bonchev–Trinajstić information content (AvgIpc) is 3.29. The molecule has 6 heteroatoms. The number of rotatable bonds is 8. The Bertz CT molecular complexity index is 727. The third-order valence-corrected chi connectivity index (χ3v) is 5.00. The Labute approximate surface area is 151 Å². The van der Waals surface area contributed by atoms with E-state index in [9.17, 15) is 9.59 Å². The van der Waals surface area contributed by atoms with Crippen molar-refractivity contribution < 1.29 is 19.1 Å². The van der Waals surface area contributed by atoms with Crippen LogP contribution < -0.4 is 10.1 Å². The molecule has 0 bridgehead atoms. The van der Waals surface area contributed by atoms with Gasteiger partial charge in [-0.2, -0.15) is 0 Å². The number of esters is 1. The Balaban J connectivity index is 1.31. The Hall–Kier alpha value is -2.34. The second-order valence-electron chi connectivity index (χ2n) is 5.91. The van der Waals surface area contributed by atoms with Crippen LogP contribution in [0.3, 0.4) is 0 Å². The summed E-state index contributed by atoms with van der Waals surface area (Å²) in [4.78, 5) is 24.6. The fourth-order valence-corrected chi connectivity index (χ4v) is 3.51. The van der Waals surface area contributed by atoms with Crippen molar-refractivity contribution in [1.82, 2.24) is 5.32 Å². The van der Waals surface area contributed by atoms with Crippen molar-refractivity contribution in [2.45, 2.75) is 25.7 Å². The van der Waals surface area contributed by atoms with Crippen LogP contribution in [-0.4, -0.2) is 31.6 Å². The van der Waals surface area contributed by atoms with Gasteiger partial charge in [0.2, 0.25) is 0 Å². The van der Waals surface area contributed by atoms with Gasteiger partial charge in [0.15, 0.2) is 13.2 Å². The van der Waals surface area contributed by atoms with E-state index in [-0.39, 0.29) is 19.1 Å². The van der Waals surface area contributed by atoms with E-state index >= 15 is 0 Å². The van der Waals surface area contributed by atoms with Gasteiger partial charge in [0.05, 0.1) is 0 Å². The molecule has 1 amide bonds. The number of benzene rings is 1. The molecule has 1 aromatic carbocycles. The molecule has 0 fully saturated rings. The maximum absolute atomic E-state index is 11.7. The van der Waals surface area contributed by atoms with Gasteiger partial charge in [-0.25, -0.2) is 4.79 Å². The van der Waals surface area contributed by atoms with E-state index in [1.165, 1.54) is 22.4 Å². The maximum atomic E-state index is 11.7. The fraction of sp³-hybridized carbons (Fsp3) is 0.368. The molecule has 1 N–H and O–H groups in total. The SMILES string of the molecule is O=C(COC(=O)COc1ccc2c(c1)CCC2)NCCc1cccs1. The van der Waals surface area contributed by atoms with E-state index in [4.69, 9.17) is 9.47 Å². The minimum Gasteiger partial charge on any atom is -0.482 e. The van der Waals surface area contributed by atoms with Crippen LogP contribution >= 0.6 is 11.3 Å². The average molecular weight is 359 g/mol. The second-order valence-corrected chi connectivity index (χ2v) is 6.94. The highest BCUT2D eigenvalue weighted by Crippen LogP contribution is 2.25. The molecule has 3 rings (SSSR count). The van der Waals surface area contributed by atoms with Crippen molar-refractivity contribution in [2.75, 3.05) is 19.8 Å². The van der Waals surface area contributed by atoms with E-state index in [1.807, 2.05) is 35.7 Å².